The molecule has 7 rings (SSSR count). The molecular weight excluding hydrogens is 777 g/mol. The van der Waals surface area contributed by atoms with Gasteiger partial charge in [0.15, 0.2) is 0 Å². The number of sulfonamides is 1. The van der Waals surface area contributed by atoms with Gasteiger partial charge in [-0.05, 0) is 64.5 Å². The number of aliphatic hydroxyl groups excluding tert-OH is 1. The number of carbonyl (C=O) groups is 2. The predicted molar refractivity (Wildman–Crippen MR) is 232 cm³/mol. The zero-order valence-electron chi connectivity index (χ0n) is 33.8. The number of amides is 2. The number of carbonyl (C=O) groups excluding carboxylic acids is 2. The van der Waals surface area contributed by atoms with Gasteiger partial charge in [0.25, 0.3) is 18.3 Å². The number of ether oxygens (including phenoxy) is 1. The van der Waals surface area contributed by atoms with E-state index in [-0.39, 0.29) is 36.1 Å². The van der Waals surface area contributed by atoms with Crippen LogP contribution >= 0.6 is 0 Å². The fourth-order valence-corrected chi connectivity index (χ4v) is 14.5. The van der Waals surface area contributed by atoms with Crippen molar-refractivity contribution >= 4 is 46.4 Å². The van der Waals surface area contributed by atoms with Crippen molar-refractivity contribution in [2.24, 2.45) is 5.92 Å². The molecule has 2 amide bonds. The van der Waals surface area contributed by atoms with Crippen LogP contribution in [0.4, 0.5) is 10.5 Å². The van der Waals surface area contributed by atoms with Gasteiger partial charge in [-0.2, -0.15) is 0 Å². The van der Waals surface area contributed by atoms with Crippen molar-refractivity contribution < 1.29 is 32.3 Å². The molecule has 2 heterocycles. The molecule has 9 nitrogen and oxygen atoms in total. The highest BCUT2D eigenvalue weighted by Gasteiger charge is 2.50. The van der Waals surface area contributed by atoms with Crippen molar-refractivity contribution in [3.63, 3.8) is 0 Å². The van der Waals surface area contributed by atoms with E-state index in [0.29, 0.717) is 12.1 Å². The van der Waals surface area contributed by atoms with Crippen LogP contribution in [0, 0.1) is 24.7 Å². The van der Waals surface area contributed by atoms with Crippen molar-refractivity contribution in [1.29, 1.82) is 0 Å². The summed E-state index contributed by atoms with van der Waals surface area (Å²) in [5, 5.41) is 13.9. The molecular formula is C48H50N2O7SSi. The summed E-state index contributed by atoms with van der Waals surface area (Å²) in [6.45, 7) is 8.41. The van der Waals surface area contributed by atoms with Gasteiger partial charge in [0.2, 0.25) is 5.91 Å². The zero-order valence-corrected chi connectivity index (χ0v) is 35.6. The zero-order chi connectivity index (χ0) is 41.8. The lowest BCUT2D eigenvalue weighted by Crippen LogP contribution is -2.66. The van der Waals surface area contributed by atoms with Gasteiger partial charge < -0.3 is 14.3 Å². The summed E-state index contributed by atoms with van der Waals surface area (Å²) in [6.07, 6.45) is -1.92. The van der Waals surface area contributed by atoms with Crippen LogP contribution in [0.25, 0.3) is 0 Å². The smallest absolute Gasteiger partial charge is 0.416 e. The number of anilines is 1. The Balaban J connectivity index is 1.22. The summed E-state index contributed by atoms with van der Waals surface area (Å²) < 4.78 is 42.0. The first-order chi connectivity index (χ1) is 28.3. The number of imide groups is 1. The fraction of sp³-hybridized carbons (Fsp3) is 0.292. The SMILES string of the molecule is Cc1ccc(S(=O)(=O)N2C[C@H](C[C@@H](C(=O)N3C(=O)OC[C@H]3Cc3ccccc3)[C@@H](O)C#CCO[Si](c3ccccc3)(c3ccccc3)C(C)(C)C)c3ccccc32)cc1. The lowest BCUT2D eigenvalue weighted by molar-refractivity contribution is -0.136. The molecule has 1 N–H and O–H groups in total. The van der Waals surface area contributed by atoms with Crippen molar-refractivity contribution in [2.45, 2.75) is 68.5 Å². The van der Waals surface area contributed by atoms with Crippen LogP contribution in [0.5, 0.6) is 0 Å². The topological polar surface area (TPSA) is 113 Å². The molecule has 5 aromatic rings. The molecule has 304 valence electrons. The van der Waals surface area contributed by atoms with E-state index in [9.17, 15) is 23.1 Å². The first-order valence-electron chi connectivity index (χ1n) is 19.9. The van der Waals surface area contributed by atoms with Crippen molar-refractivity contribution in [1.82, 2.24) is 4.90 Å². The maximum atomic E-state index is 14.8. The van der Waals surface area contributed by atoms with Gasteiger partial charge in [-0.3, -0.25) is 9.10 Å². The van der Waals surface area contributed by atoms with Crippen molar-refractivity contribution in [3.8, 4) is 11.8 Å². The maximum absolute atomic E-state index is 14.8. The lowest BCUT2D eigenvalue weighted by atomic mass is 9.86. The lowest BCUT2D eigenvalue weighted by Gasteiger charge is -2.42. The van der Waals surface area contributed by atoms with E-state index in [2.05, 4.69) is 56.9 Å². The van der Waals surface area contributed by atoms with Crippen LogP contribution in [-0.4, -0.2) is 70.6 Å². The third kappa shape index (κ3) is 8.50. The van der Waals surface area contributed by atoms with E-state index >= 15 is 0 Å². The highest BCUT2D eigenvalue weighted by Crippen LogP contribution is 2.43. The average molecular weight is 827 g/mol. The maximum Gasteiger partial charge on any atom is 0.416 e. The number of aliphatic hydroxyl groups is 1. The monoisotopic (exact) mass is 826 g/mol. The minimum atomic E-state index is -3.97. The molecule has 1 saturated heterocycles. The average Bonchev–Trinajstić information content (AvgIpc) is 3.80. The second-order valence-electron chi connectivity index (χ2n) is 16.3. The second-order valence-corrected chi connectivity index (χ2v) is 22.5. The minimum absolute atomic E-state index is 0.00905. The summed E-state index contributed by atoms with van der Waals surface area (Å²) in [7, 11) is -6.93. The van der Waals surface area contributed by atoms with Gasteiger partial charge in [0, 0.05) is 12.5 Å². The molecule has 0 spiro atoms. The molecule has 0 radical (unpaired) electrons. The quantitative estimate of drug-likeness (QED) is 0.109. The van der Waals surface area contributed by atoms with Gasteiger partial charge in [-0.25, -0.2) is 18.1 Å². The number of benzene rings is 5. The van der Waals surface area contributed by atoms with E-state index in [1.807, 2.05) is 85.8 Å². The van der Waals surface area contributed by atoms with Gasteiger partial charge in [0.05, 0.1) is 29.1 Å². The first-order valence-corrected chi connectivity index (χ1v) is 23.3. The molecule has 2 aliphatic rings. The summed E-state index contributed by atoms with van der Waals surface area (Å²) in [5.41, 5.74) is 3.09. The molecule has 59 heavy (non-hydrogen) atoms. The van der Waals surface area contributed by atoms with Gasteiger partial charge in [0.1, 0.15) is 12.7 Å². The largest absolute Gasteiger partial charge is 0.447 e. The van der Waals surface area contributed by atoms with Crippen LogP contribution in [0.2, 0.25) is 5.04 Å². The number of hydrogen-bond acceptors (Lipinski definition) is 7. The summed E-state index contributed by atoms with van der Waals surface area (Å²) in [6, 6.07) is 43.2. The number of hydrogen-bond donors (Lipinski definition) is 1. The normalized spacial score (nSPS) is 17.7. The molecule has 0 aliphatic carbocycles. The third-order valence-electron chi connectivity index (χ3n) is 11.4. The Hall–Kier alpha value is -5.51. The Kier molecular flexibility index (Phi) is 12.3. The van der Waals surface area contributed by atoms with E-state index in [1.165, 1.54) is 4.31 Å². The van der Waals surface area contributed by atoms with Crippen molar-refractivity contribution in [3.05, 3.63) is 156 Å². The Labute approximate surface area is 348 Å². The molecule has 5 aromatic carbocycles. The molecule has 0 saturated carbocycles. The van der Waals surface area contributed by atoms with Gasteiger partial charge in [-0.15, -0.1) is 0 Å². The summed E-state index contributed by atoms with van der Waals surface area (Å²) in [4.78, 5) is 29.4. The predicted octanol–water partition coefficient (Wildman–Crippen LogP) is 6.82. The molecule has 4 atom stereocenters. The number of cyclic esters (lactones) is 1. The van der Waals surface area contributed by atoms with Crippen LogP contribution < -0.4 is 14.7 Å². The van der Waals surface area contributed by atoms with E-state index in [0.717, 1.165) is 32.0 Å². The summed E-state index contributed by atoms with van der Waals surface area (Å²) >= 11 is 0. The van der Waals surface area contributed by atoms with Gasteiger partial charge in [-0.1, -0.05) is 160 Å². The van der Waals surface area contributed by atoms with Crippen molar-refractivity contribution in [2.75, 3.05) is 24.1 Å². The molecule has 0 aromatic heterocycles. The number of rotatable bonds is 12. The Morgan fingerprint density at radius 2 is 1.44 bits per heavy atom. The Morgan fingerprint density at radius 1 is 0.864 bits per heavy atom. The van der Waals surface area contributed by atoms with E-state index in [4.69, 9.17) is 9.16 Å². The van der Waals surface area contributed by atoms with Gasteiger partial charge >= 0.3 is 6.09 Å². The Bertz CT molecular complexity index is 2390. The van der Waals surface area contributed by atoms with Crippen LogP contribution in [0.3, 0.4) is 0 Å². The fourth-order valence-electron chi connectivity index (χ4n) is 8.49. The standard InChI is InChI=1S/C48H50N2O7SSi/c1-35-26-28-39(29-27-35)58(54,55)49-33-37(42-23-14-15-24-44(42)49)32-43(46(52)50-38(34-56-47(50)53)31-36-17-8-5-9-18-36)45(51)25-16-30-57-59(48(2,3)4,40-19-10-6-11-20-40)41-21-12-7-13-22-41/h5-15,17-24,26-29,37-38,43,45,51H,30-34H2,1-4H3/t37-,38+,43+,45-/m0/s1. The van der Waals surface area contributed by atoms with E-state index < -0.39 is 54.3 Å². The molecule has 0 unspecified atom stereocenters. The third-order valence-corrected chi connectivity index (χ3v) is 18.2. The van der Waals surface area contributed by atoms with Crippen LogP contribution in [0.15, 0.2) is 144 Å². The molecule has 1 fully saturated rings. The van der Waals surface area contributed by atoms with Crippen LogP contribution in [-0.2, 0) is 30.4 Å². The molecule has 0 bridgehead atoms. The number of para-hydroxylation sites is 1. The second kappa shape index (κ2) is 17.4. The van der Waals surface area contributed by atoms with E-state index in [1.54, 1.807) is 36.4 Å². The molecule has 2 aliphatic heterocycles. The molecule has 11 heteroatoms. The Morgan fingerprint density at radius 3 is 2.05 bits per heavy atom. The highest BCUT2D eigenvalue weighted by atomic mass is 32.2. The number of nitrogens with zero attached hydrogens (tertiary/aromatic N) is 2. The number of fused-ring (bicyclic) bond motifs is 1. The highest BCUT2D eigenvalue weighted by molar-refractivity contribution is 7.92. The minimum Gasteiger partial charge on any atom is -0.447 e. The van der Waals surface area contributed by atoms with Crippen LogP contribution in [0.1, 0.15) is 49.8 Å². The summed E-state index contributed by atoms with van der Waals surface area (Å²) in [5.74, 6) is 3.66. The first kappa shape index (κ1) is 41.6. The number of aryl methyl sites for hydroxylation is 1.